The summed E-state index contributed by atoms with van der Waals surface area (Å²) in [6.45, 7) is 0. The average molecular weight is 541 g/mol. The molecule has 0 aliphatic heterocycles. The Hall–Kier alpha value is -5.75. The third kappa shape index (κ3) is 7.43. The topological polar surface area (TPSA) is 78.9 Å². The van der Waals surface area contributed by atoms with Crippen LogP contribution >= 0.6 is 0 Å². The van der Waals surface area contributed by atoms with Crippen LogP contribution in [0.25, 0.3) is 12.2 Å². The number of benzene rings is 5. The van der Waals surface area contributed by atoms with Crippen LogP contribution in [0.2, 0.25) is 0 Å². The van der Waals surface area contributed by atoms with Crippen molar-refractivity contribution in [2.75, 3.05) is 0 Å². The van der Waals surface area contributed by atoms with Gasteiger partial charge in [-0.2, -0.15) is 0 Å². The summed E-state index contributed by atoms with van der Waals surface area (Å²) >= 11 is 0. The molecule has 41 heavy (non-hydrogen) atoms. The molecule has 0 radical (unpaired) electrons. The summed E-state index contributed by atoms with van der Waals surface area (Å²) in [4.78, 5) is 37.6. The maximum atomic E-state index is 12.7. The highest BCUT2D eigenvalue weighted by atomic mass is 16.5. The van der Waals surface area contributed by atoms with Crippen molar-refractivity contribution < 1.29 is 28.6 Å². The van der Waals surface area contributed by atoms with E-state index in [0.29, 0.717) is 28.0 Å². The summed E-state index contributed by atoms with van der Waals surface area (Å²) in [5, 5.41) is 0. The minimum atomic E-state index is -0.535. The Kier molecular flexibility index (Phi) is 8.42. The number of carbonyl (C=O) groups is 3. The van der Waals surface area contributed by atoms with Gasteiger partial charge in [-0.15, -0.1) is 0 Å². The van der Waals surface area contributed by atoms with E-state index >= 15 is 0 Å². The van der Waals surface area contributed by atoms with E-state index in [2.05, 4.69) is 0 Å². The maximum absolute atomic E-state index is 12.7. The van der Waals surface area contributed by atoms with Crippen molar-refractivity contribution in [1.29, 1.82) is 0 Å². The van der Waals surface area contributed by atoms with Gasteiger partial charge in [0.25, 0.3) is 0 Å². The Morgan fingerprint density at radius 3 is 1.17 bits per heavy atom. The van der Waals surface area contributed by atoms with Crippen molar-refractivity contribution in [3.8, 4) is 17.2 Å². The smallest absolute Gasteiger partial charge is 0.343 e. The second kappa shape index (κ2) is 12.9. The van der Waals surface area contributed by atoms with Gasteiger partial charge in [-0.1, -0.05) is 78.9 Å². The molecule has 5 aromatic rings. The Morgan fingerprint density at radius 2 is 0.756 bits per heavy atom. The van der Waals surface area contributed by atoms with E-state index < -0.39 is 17.9 Å². The Labute approximate surface area is 237 Å². The van der Waals surface area contributed by atoms with E-state index in [-0.39, 0.29) is 11.5 Å². The van der Waals surface area contributed by atoms with Gasteiger partial charge in [-0.3, -0.25) is 0 Å². The van der Waals surface area contributed by atoms with Gasteiger partial charge >= 0.3 is 17.9 Å². The molecule has 0 aliphatic rings. The Bertz CT molecular complexity index is 1600. The second-order valence-corrected chi connectivity index (χ2v) is 8.91. The van der Waals surface area contributed by atoms with Crippen LogP contribution in [0, 0.1) is 0 Å². The monoisotopic (exact) mass is 540 g/mol. The molecule has 6 nitrogen and oxygen atoms in total. The van der Waals surface area contributed by atoms with Gasteiger partial charge in [0.2, 0.25) is 0 Å². The van der Waals surface area contributed by atoms with E-state index in [0.717, 1.165) is 5.56 Å². The van der Waals surface area contributed by atoms with Crippen LogP contribution in [0.15, 0.2) is 133 Å². The maximum Gasteiger partial charge on any atom is 0.343 e. The molecule has 0 amide bonds. The molecule has 200 valence electrons. The number of carbonyl (C=O) groups excluding carboxylic acids is 3. The second-order valence-electron chi connectivity index (χ2n) is 8.91. The van der Waals surface area contributed by atoms with Crippen molar-refractivity contribution in [1.82, 2.24) is 0 Å². The average Bonchev–Trinajstić information content (AvgIpc) is 3.02. The summed E-state index contributed by atoms with van der Waals surface area (Å²) in [6, 6.07) is 37.8. The summed E-state index contributed by atoms with van der Waals surface area (Å²) < 4.78 is 16.6. The fourth-order valence-corrected chi connectivity index (χ4v) is 3.87. The molecule has 0 unspecified atom stereocenters. The molecule has 0 atom stereocenters. The van der Waals surface area contributed by atoms with Gasteiger partial charge in [0.15, 0.2) is 0 Å². The first kappa shape index (κ1) is 26.8. The third-order valence-corrected chi connectivity index (χ3v) is 5.91. The lowest BCUT2D eigenvalue weighted by Crippen LogP contribution is -2.10. The van der Waals surface area contributed by atoms with Crippen LogP contribution in [0.4, 0.5) is 0 Å². The first-order valence-corrected chi connectivity index (χ1v) is 12.8. The van der Waals surface area contributed by atoms with E-state index in [9.17, 15) is 14.4 Å². The molecule has 0 spiro atoms. The molecule has 0 saturated heterocycles. The Morgan fingerprint density at radius 1 is 0.390 bits per heavy atom. The van der Waals surface area contributed by atoms with E-state index in [1.807, 2.05) is 24.3 Å². The van der Waals surface area contributed by atoms with E-state index in [1.165, 1.54) is 6.07 Å². The Balaban J connectivity index is 1.34. The standard InChI is InChI=1S/C35H24O6/c36-33(27-10-4-1-5-11-27)39-30-20-18-25(19-21-30)16-17-26-22-31(40-34(37)28-12-6-2-7-13-28)24-32(23-26)41-35(38)29-14-8-3-9-15-29/h1-24H/b17-16+. The van der Waals surface area contributed by atoms with Gasteiger partial charge in [0.1, 0.15) is 17.2 Å². The molecule has 0 bridgehead atoms. The molecule has 0 aromatic heterocycles. The molecule has 0 saturated carbocycles. The molecule has 5 rings (SSSR count). The number of ether oxygens (including phenoxy) is 3. The normalized spacial score (nSPS) is 10.6. The molecule has 0 heterocycles. The SMILES string of the molecule is O=C(Oc1ccc(/C=C/c2cc(OC(=O)c3ccccc3)cc(OC(=O)c3ccccc3)c2)cc1)c1ccccc1. The van der Waals surface area contributed by atoms with Gasteiger partial charge in [-0.05, 0) is 71.8 Å². The number of esters is 3. The summed E-state index contributed by atoms with van der Waals surface area (Å²) in [5.41, 5.74) is 2.72. The van der Waals surface area contributed by atoms with Crippen molar-refractivity contribution in [3.05, 3.63) is 161 Å². The lowest BCUT2D eigenvalue weighted by molar-refractivity contribution is 0.0720. The van der Waals surface area contributed by atoms with Crippen LogP contribution in [0.5, 0.6) is 17.2 Å². The van der Waals surface area contributed by atoms with Crippen molar-refractivity contribution >= 4 is 30.1 Å². The zero-order chi connectivity index (χ0) is 28.4. The molecular formula is C35H24O6. The quantitative estimate of drug-likeness (QED) is 0.115. The van der Waals surface area contributed by atoms with E-state index in [1.54, 1.807) is 115 Å². The highest BCUT2D eigenvalue weighted by Crippen LogP contribution is 2.26. The van der Waals surface area contributed by atoms with Crippen LogP contribution in [0.1, 0.15) is 42.2 Å². The molecule has 0 N–H and O–H groups in total. The zero-order valence-electron chi connectivity index (χ0n) is 21.8. The van der Waals surface area contributed by atoms with Crippen LogP contribution in [0.3, 0.4) is 0 Å². The third-order valence-electron chi connectivity index (χ3n) is 5.91. The lowest BCUT2D eigenvalue weighted by atomic mass is 10.1. The van der Waals surface area contributed by atoms with Crippen LogP contribution in [-0.4, -0.2) is 17.9 Å². The number of rotatable bonds is 8. The first-order chi connectivity index (χ1) is 20.0. The predicted molar refractivity (Wildman–Crippen MR) is 156 cm³/mol. The highest BCUT2D eigenvalue weighted by Gasteiger charge is 2.13. The van der Waals surface area contributed by atoms with Gasteiger partial charge in [0.05, 0.1) is 16.7 Å². The molecule has 0 aliphatic carbocycles. The minimum Gasteiger partial charge on any atom is -0.423 e. The predicted octanol–water partition coefficient (Wildman–Crippen LogP) is 7.51. The summed E-state index contributed by atoms with van der Waals surface area (Å²) in [5.74, 6) is -0.644. The van der Waals surface area contributed by atoms with Gasteiger partial charge in [-0.25, -0.2) is 14.4 Å². The van der Waals surface area contributed by atoms with Gasteiger partial charge < -0.3 is 14.2 Å². The summed E-state index contributed by atoms with van der Waals surface area (Å²) in [6.07, 6.45) is 3.63. The fraction of sp³-hybridized carbons (Fsp3) is 0. The fourth-order valence-electron chi connectivity index (χ4n) is 3.87. The van der Waals surface area contributed by atoms with Crippen LogP contribution in [-0.2, 0) is 0 Å². The first-order valence-electron chi connectivity index (χ1n) is 12.8. The van der Waals surface area contributed by atoms with Crippen molar-refractivity contribution in [2.24, 2.45) is 0 Å². The van der Waals surface area contributed by atoms with Crippen LogP contribution < -0.4 is 14.2 Å². The molecular weight excluding hydrogens is 516 g/mol. The largest absolute Gasteiger partial charge is 0.423 e. The molecule has 0 fully saturated rings. The number of hydrogen-bond acceptors (Lipinski definition) is 6. The van der Waals surface area contributed by atoms with E-state index in [4.69, 9.17) is 14.2 Å². The summed E-state index contributed by atoms with van der Waals surface area (Å²) in [7, 11) is 0. The minimum absolute atomic E-state index is 0.222. The molecule has 5 aromatic carbocycles. The lowest BCUT2D eigenvalue weighted by Gasteiger charge is -2.10. The van der Waals surface area contributed by atoms with Crippen molar-refractivity contribution in [2.45, 2.75) is 0 Å². The molecule has 6 heteroatoms. The zero-order valence-corrected chi connectivity index (χ0v) is 21.8. The van der Waals surface area contributed by atoms with Gasteiger partial charge in [0, 0.05) is 6.07 Å². The van der Waals surface area contributed by atoms with Crippen molar-refractivity contribution in [3.63, 3.8) is 0 Å². The highest BCUT2D eigenvalue weighted by molar-refractivity contribution is 5.92. The number of hydrogen-bond donors (Lipinski definition) is 0.